The maximum Gasteiger partial charge on any atom is 0.167 e. The van der Waals surface area contributed by atoms with Crippen molar-refractivity contribution in [2.75, 3.05) is 0 Å². The zero-order chi connectivity index (χ0) is 7.23. The highest BCUT2D eigenvalue weighted by atomic mass is 35.5. The summed E-state index contributed by atoms with van der Waals surface area (Å²) in [7, 11) is 0. The maximum atomic E-state index is 4.85. The van der Waals surface area contributed by atoms with Gasteiger partial charge in [0.15, 0.2) is 11.9 Å². The third kappa shape index (κ3) is 2.07. The largest absolute Gasteiger partial charge is 0.277 e. The molecule has 1 rings (SSSR count). The minimum atomic E-state index is 0.961. The summed E-state index contributed by atoms with van der Waals surface area (Å²) < 4.78 is 3.99. The van der Waals surface area contributed by atoms with Crippen molar-refractivity contribution in [2.24, 2.45) is 5.16 Å². The van der Waals surface area contributed by atoms with Crippen molar-refractivity contribution in [2.45, 2.75) is 0 Å². The number of hydrogen-bond donors (Lipinski definition) is 0. The van der Waals surface area contributed by atoms with Crippen LogP contribution in [0.25, 0.3) is 0 Å². The van der Waals surface area contributed by atoms with E-state index in [-0.39, 0.29) is 0 Å². The Hall–Kier alpha value is -1.02. The minimum Gasteiger partial charge on any atom is -0.277 e. The SMILES string of the molecule is ClO/N=C/c1ccccc1. The van der Waals surface area contributed by atoms with Crippen molar-refractivity contribution in [3.05, 3.63) is 35.9 Å². The lowest BCUT2D eigenvalue weighted by atomic mass is 10.2. The maximum absolute atomic E-state index is 4.85. The highest BCUT2D eigenvalue weighted by Crippen LogP contribution is 1.94. The fraction of sp³-hybridized carbons (Fsp3) is 0. The summed E-state index contributed by atoms with van der Waals surface area (Å²) in [6.07, 6.45) is 1.53. The molecule has 52 valence electrons. The number of nitrogens with zero attached hydrogens (tertiary/aromatic N) is 1. The third-order valence-corrected chi connectivity index (χ3v) is 1.12. The van der Waals surface area contributed by atoms with Gasteiger partial charge < -0.3 is 0 Å². The molecule has 10 heavy (non-hydrogen) atoms. The first kappa shape index (κ1) is 7.09. The fourth-order valence-corrected chi connectivity index (χ4v) is 0.660. The lowest BCUT2D eigenvalue weighted by Gasteiger charge is -1.86. The number of halogens is 1. The predicted molar refractivity (Wildman–Crippen MR) is 41.0 cm³/mol. The summed E-state index contributed by atoms with van der Waals surface area (Å²) in [5.41, 5.74) is 0.961. The molecule has 2 nitrogen and oxygen atoms in total. The summed E-state index contributed by atoms with van der Waals surface area (Å²) in [6, 6.07) is 9.56. The summed E-state index contributed by atoms with van der Waals surface area (Å²) >= 11 is 4.85. The number of hydrogen-bond acceptors (Lipinski definition) is 2. The first-order chi connectivity index (χ1) is 4.93. The van der Waals surface area contributed by atoms with Crippen molar-refractivity contribution in [1.29, 1.82) is 0 Å². The van der Waals surface area contributed by atoms with E-state index < -0.39 is 0 Å². The van der Waals surface area contributed by atoms with Crippen LogP contribution in [-0.4, -0.2) is 6.21 Å². The second-order valence-electron chi connectivity index (χ2n) is 1.71. The van der Waals surface area contributed by atoms with E-state index in [0.29, 0.717) is 0 Å². The van der Waals surface area contributed by atoms with Crippen LogP contribution in [0.3, 0.4) is 0 Å². The van der Waals surface area contributed by atoms with Gasteiger partial charge in [-0.3, -0.25) is 4.39 Å². The molecule has 0 N–H and O–H groups in total. The first-order valence-corrected chi connectivity index (χ1v) is 3.10. The molecule has 0 bridgehead atoms. The molecule has 0 aliphatic heterocycles. The summed E-state index contributed by atoms with van der Waals surface area (Å²) in [5.74, 6) is 0. The van der Waals surface area contributed by atoms with E-state index in [1.165, 1.54) is 6.21 Å². The van der Waals surface area contributed by atoms with E-state index in [2.05, 4.69) is 9.55 Å². The van der Waals surface area contributed by atoms with Crippen LogP contribution in [0.15, 0.2) is 35.5 Å². The van der Waals surface area contributed by atoms with Crippen LogP contribution in [0.5, 0.6) is 0 Å². The molecule has 3 heteroatoms. The van der Waals surface area contributed by atoms with Gasteiger partial charge in [-0.25, -0.2) is 0 Å². The monoisotopic (exact) mass is 155 g/mol. The van der Waals surface area contributed by atoms with Gasteiger partial charge in [-0.15, -0.1) is 0 Å². The lowest BCUT2D eigenvalue weighted by Crippen LogP contribution is -1.77. The highest BCUT2D eigenvalue weighted by molar-refractivity contribution is 6.07. The van der Waals surface area contributed by atoms with Gasteiger partial charge in [-0.2, -0.15) is 0 Å². The van der Waals surface area contributed by atoms with E-state index in [9.17, 15) is 0 Å². The molecule has 0 saturated carbocycles. The fourth-order valence-electron chi connectivity index (χ4n) is 0.620. The van der Waals surface area contributed by atoms with Gasteiger partial charge in [0.2, 0.25) is 0 Å². The van der Waals surface area contributed by atoms with Crippen LogP contribution in [0.4, 0.5) is 0 Å². The average molecular weight is 156 g/mol. The molecule has 1 aromatic rings. The Labute approximate surface area is 64.2 Å². The summed E-state index contributed by atoms with van der Waals surface area (Å²) in [4.78, 5) is 0. The second-order valence-corrected chi connectivity index (χ2v) is 1.85. The van der Waals surface area contributed by atoms with Gasteiger partial charge in [0.05, 0.1) is 6.21 Å². The highest BCUT2D eigenvalue weighted by Gasteiger charge is 1.81. The van der Waals surface area contributed by atoms with Gasteiger partial charge in [0, 0.05) is 0 Å². The molecule has 0 heterocycles. The summed E-state index contributed by atoms with van der Waals surface area (Å²) in [6.45, 7) is 0. The smallest absolute Gasteiger partial charge is 0.167 e. The van der Waals surface area contributed by atoms with Crippen LogP contribution in [-0.2, 0) is 4.39 Å². The lowest BCUT2D eigenvalue weighted by molar-refractivity contribution is 0.383. The van der Waals surface area contributed by atoms with Crippen molar-refractivity contribution >= 4 is 18.1 Å². The number of rotatable bonds is 2. The standard InChI is InChI=1S/C7H6ClNO/c8-10-9-6-7-4-2-1-3-5-7/h1-6H/b9-6+. The van der Waals surface area contributed by atoms with E-state index in [4.69, 9.17) is 11.9 Å². The van der Waals surface area contributed by atoms with Crippen molar-refractivity contribution in [3.8, 4) is 0 Å². The minimum absolute atomic E-state index is 0.961. The molecule has 0 aromatic heterocycles. The predicted octanol–water partition coefficient (Wildman–Crippen LogP) is 2.19. The second kappa shape index (κ2) is 3.90. The van der Waals surface area contributed by atoms with Crippen LogP contribution in [0, 0.1) is 0 Å². The molecule has 0 spiro atoms. The Morgan fingerprint density at radius 3 is 2.60 bits per heavy atom. The average Bonchev–Trinajstić information content (AvgIpc) is 2.03. The topological polar surface area (TPSA) is 21.6 Å². The van der Waals surface area contributed by atoms with Crippen molar-refractivity contribution < 1.29 is 4.39 Å². The Bertz CT molecular complexity index is 210. The zero-order valence-corrected chi connectivity index (χ0v) is 5.95. The summed E-state index contributed by atoms with van der Waals surface area (Å²) in [5, 5.41) is 3.38. The molecule has 0 aliphatic rings. The number of benzene rings is 1. The quantitative estimate of drug-likeness (QED) is 0.474. The molecule has 0 aliphatic carbocycles. The molecular weight excluding hydrogens is 150 g/mol. The Morgan fingerprint density at radius 1 is 1.30 bits per heavy atom. The van der Waals surface area contributed by atoms with Gasteiger partial charge in [0.25, 0.3) is 0 Å². The molecule has 0 radical (unpaired) electrons. The van der Waals surface area contributed by atoms with Crippen LogP contribution >= 0.6 is 11.9 Å². The molecule has 1 aromatic carbocycles. The molecule has 0 atom stereocenters. The Kier molecular flexibility index (Phi) is 2.77. The van der Waals surface area contributed by atoms with E-state index >= 15 is 0 Å². The van der Waals surface area contributed by atoms with Crippen LogP contribution in [0.2, 0.25) is 0 Å². The normalized spacial score (nSPS) is 10.1. The molecular formula is C7H6ClNO. The van der Waals surface area contributed by atoms with Crippen molar-refractivity contribution in [3.63, 3.8) is 0 Å². The third-order valence-electron chi connectivity index (χ3n) is 1.04. The van der Waals surface area contributed by atoms with E-state index in [1.807, 2.05) is 30.3 Å². The molecule has 0 unspecified atom stereocenters. The van der Waals surface area contributed by atoms with Crippen LogP contribution in [0.1, 0.15) is 5.56 Å². The molecule has 0 saturated heterocycles. The van der Waals surface area contributed by atoms with Gasteiger partial charge in [-0.1, -0.05) is 35.5 Å². The zero-order valence-electron chi connectivity index (χ0n) is 5.20. The van der Waals surface area contributed by atoms with Crippen molar-refractivity contribution in [1.82, 2.24) is 0 Å². The van der Waals surface area contributed by atoms with Gasteiger partial charge in [0.1, 0.15) is 0 Å². The molecule has 0 fully saturated rings. The van der Waals surface area contributed by atoms with Gasteiger partial charge >= 0.3 is 0 Å². The van der Waals surface area contributed by atoms with Crippen LogP contribution < -0.4 is 0 Å². The number of oxime groups is 1. The van der Waals surface area contributed by atoms with Gasteiger partial charge in [-0.05, 0) is 5.56 Å². The molecule has 0 amide bonds. The van der Waals surface area contributed by atoms with E-state index in [0.717, 1.165) is 5.56 Å². The Balaban J connectivity index is 2.67. The van der Waals surface area contributed by atoms with E-state index in [1.54, 1.807) is 0 Å². The Morgan fingerprint density at radius 2 is 2.00 bits per heavy atom. The first-order valence-electron chi connectivity index (χ1n) is 2.79.